The lowest BCUT2D eigenvalue weighted by molar-refractivity contribution is 0.747. The molecule has 1 aromatic heterocycles. The van der Waals surface area contributed by atoms with Crippen LogP contribution >= 0.6 is 22.6 Å². The lowest BCUT2D eigenvalue weighted by Gasteiger charge is -2.13. The number of rotatable bonds is 2. The summed E-state index contributed by atoms with van der Waals surface area (Å²) in [6.45, 7) is 6.96. The predicted molar refractivity (Wildman–Crippen MR) is 83.2 cm³/mol. The number of aryl methyl sites for hydroxylation is 3. The summed E-state index contributed by atoms with van der Waals surface area (Å²) < 4.78 is 2.85. The molecule has 0 N–H and O–H groups in total. The number of halogens is 1. The van der Waals surface area contributed by atoms with Gasteiger partial charge in [-0.15, -0.1) is 0 Å². The Hall–Kier alpha value is -1.10. The van der Waals surface area contributed by atoms with Crippen LogP contribution in [0.15, 0.2) is 35.3 Å². The fraction of sp³-hybridized carbons (Fsp3) is 0.267. The molecule has 0 atom stereocenters. The first-order chi connectivity index (χ1) is 8.47. The molecule has 1 aromatic carbocycles. The molecule has 0 aliphatic carbocycles. The molecule has 2 aromatic rings. The van der Waals surface area contributed by atoms with Crippen LogP contribution in [0.3, 0.4) is 0 Å². The second-order valence-electron chi connectivity index (χ2n) is 4.69. The summed E-state index contributed by atoms with van der Waals surface area (Å²) in [5, 5.41) is 0. The molecular weight excluding hydrogens is 337 g/mol. The molecule has 0 spiro atoms. The number of nitrogens with zero attached hydrogens (tertiary/aromatic N) is 1. The lowest BCUT2D eigenvalue weighted by Crippen LogP contribution is -2.20. The summed E-state index contributed by atoms with van der Waals surface area (Å²) in [6, 6.07) is 7.80. The molecule has 94 valence electrons. The Morgan fingerprint density at radius 1 is 1.11 bits per heavy atom. The van der Waals surface area contributed by atoms with Crippen molar-refractivity contribution in [1.82, 2.24) is 4.57 Å². The van der Waals surface area contributed by atoms with Gasteiger partial charge in [-0.1, -0.05) is 17.7 Å². The van der Waals surface area contributed by atoms with Crippen LogP contribution < -0.4 is 5.56 Å². The highest BCUT2D eigenvalue weighted by molar-refractivity contribution is 14.1. The van der Waals surface area contributed by atoms with Crippen molar-refractivity contribution in [3.05, 3.63) is 66.6 Å². The van der Waals surface area contributed by atoms with Gasteiger partial charge in [-0.25, -0.2) is 0 Å². The molecule has 3 heteroatoms. The molecule has 0 fully saturated rings. The van der Waals surface area contributed by atoms with Crippen molar-refractivity contribution in [1.29, 1.82) is 0 Å². The van der Waals surface area contributed by atoms with E-state index in [4.69, 9.17) is 0 Å². The van der Waals surface area contributed by atoms with Crippen LogP contribution in [0.1, 0.15) is 22.3 Å². The monoisotopic (exact) mass is 353 g/mol. The van der Waals surface area contributed by atoms with E-state index in [2.05, 4.69) is 55.5 Å². The maximum Gasteiger partial charge on any atom is 0.250 e. The minimum absolute atomic E-state index is 0.0507. The van der Waals surface area contributed by atoms with Crippen LogP contribution in [0.4, 0.5) is 0 Å². The van der Waals surface area contributed by atoms with Gasteiger partial charge in [-0.2, -0.15) is 0 Å². The smallest absolute Gasteiger partial charge is 0.250 e. The first-order valence-corrected chi connectivity index (χ1v) is 6.98. The van der Waals surface area contributed by atoms with Gasteiger partial charge < -0.3 is 4.57 Å². The summed E-state index contributed by atoms with van der Waals surface area (Å²) in [5.74, 6) is 0. The molecule has 1 heterocycles. The van der Waals surface area contributed by atoms with E-state index in [-0.39, 0.29) is 5.56 Å². The van der Waals surface area contributed by atoms with Crippen LogP contribution in [-0.4, -0.2) is 4.57 Å². The quantitative estimate of drug-likeness (QED) is 0.759. The average Bonchev–Trinajstić information content (AvgIpc) is 2.28. The molecule has 0 saturated carbocycles. The summed E-state index contributed by atoms with van der Waals surface area (Å²) in [7, 11) is 0. The molecule has 2 nitrogen and oxygen atoms in total. The summed E-state index contributed by atoms with van der Waals surface area (Å²) in [6.07, 6.45) is 1.90. The highest BCUT2D eigenvalue weighted by atomic mass is 127. The Morgan fingerprint density at radius 2 is 1.72 bits per heavy atom. The van der Waals surface area contributed by atoms with Crippen molar-refractivity contribution >= 4 is 22.6 Å². The third kappa shape index (κ3) is 2.83. The Bertz CT molecular complexity index is 620. The van der Waals surface area contributed by atoms with E-state index in [9.17, 15) is 4.79 Å². The van der Waals surface area contributed by atoms with Gasteiger partial charge in [0.2, 0.25) is 0 Å². The number of hydrogen-bond donors (Lipinski definition) is 0. The molecule has 18 heavy (non-hydrogen) atoms. The standard InChI is InChI=1S/C15H16INO/c1-10-6-11(2)14(12(3)7-10)9-17-8-13(16)4-5-15(17)18/h4-8H,9H2,1-3H3. The molecule has 0 aliphatic heterocycles. The van der Waals surface area contributed by atoms with E-state index < -0.39 is 0 Å². The summed E-state index contributed by atoms with van der Waals surface area (Å²) in [5.41, 5.74) is 5.06. The number of hydrogen-bond acceptors (Lipinski definition) is 1. The molecule has 2 rings (SSSR count). The maximum atomic E-state index is 11.8. The van der Waals surface area contributed by atoms with Crippen LogP contribution in [0.25, 0.3) is 0 Å². The maximum absolute atomic E-state index is 11.8. The number of benzene rings is 1. The second-order valence-corrected chi connectivity index (χ2v) is 5.94. The third-order valence-electron chi connectivity index (χ3n) is 3.12. The zero-order valence-electron chi connectivity index (χ0n) is 10.8. The van der Waals surface area contributed by atoms with E-state index >= 15 is 0 Å². The molecule has 0 saturated heterocycles. The van der Waals surface area contributed by atoms with Gasteiger partial charge >= 0.3 is 0 Å². The third-order valence-corrected chi connectivity index (χ3v) is 3.75. The highest BCUT2D eigenvalue weighted by Gasteiger charge is 2.06. The second kappa shape index (κ2) is 5.26. The van der Waals surface area contributed by atoms with E-state index in [1.165, 1.54) is 22.3 Å². The van der Waals surface area contributed by atoms with Crippen molar-refractivity contribution in [2.75, 3.05) is 0 Å². The van der Waals surface area contributed by atoms with Crippen molar-refractivity contribution in [2.45, 2.75) is 27.3 Å². The largest absolute Gasteiger partial charge is 0.310 e. The summed E-state index contributed by atoms with van der Waals surface area (Å²) in [4.78, 5) is 11.8. The van der Waals surface area contributed by atoms with Gasteiger partial charge in [-0.05, 0) is 66.1 Å². The molecule has 0 aliphatic rings. The normalized spacial score (nSPS) is 10.7. The SMILES string of the molecule is Cc1cc(C)c(Cn2cc(I)ccc2=O)c(C)c1. The van der Waals surface area contributed by atoms with Crippen LogP contribution in [-0.2, 0) is 6.54 Å². The van der Waals surface area contributed by atoms with Crippen molar-refractivity contribution in [3.8, 4) is 0 Å². The highest BCUT2D eigenvalue weighted by Crippen LogP contribution is 2.17. The fourth-order valence-corrected chi connectivity index (χ4v) is 2.77. The zero-order valence-corrected chi connectivity index (χ0v) is 13.0. The Morgan fingerprint density at radius 3 is 2.33 bits per heavy atom. The first-order valence-electron chi connectivity index (χ1n) is 5.90. The van der Waals surface area contributed by atoms with E-state index in [1.807, 2.05) is 12.3 Å². The Kier molecular flexibility index (Phi) is 3.90. The minimum Gasteiger partial charge on any atom is -0.310 e. The zero-order chi connectivity index (χ0) is 13.3. The van der Waals surface area contributed by atoms with Gasteiger partial charge in [-0.3, -0.25) is 4.79 Å². The van der Waals surface area contributed by atoms with Gasteiger partial charge in [0.15, 0.2) is 0 Å². The molecule has 0 bridgehead atoms. The fourth-order valence-electron chi connectivity index (χ4n) is 2.26. The Balaban J connectivity index is 2.46. The molecule has 0 amide bonds. The van der Waals surface area contributed by atoms with Crippen molar-refractivity contribution in [3.63, 3.8) is 0 Å². The van der Waals surface area contributed by atoms with Crippen LogP contribution in [0, 0.1) is 24.3 Å². The van der Waals surface area contributed by atoms with E-state index in [0.29, 0.717) is 6.54 Å². The van der Waals surface area contributed by atoms with Crippen LogP contribution in [0.5, 0.6) is 0 Å². The van der Waals surface area contributed by atoms with Gasteiger partial charge in [0.1, 0.15) is 0 Å². The lowest BCUT2D eigenvalue weighted by atomic mass is 10.00. The number of aromatic nitrogens is 1. The van der Waals surface area contributed by atoms with Gasteiger partial charge in [0.25, 0.3) is 5.56 Å². The van der Waals surface area contributed by atoms with Gasteiger partial charge in [0, 0.05) is 15.8 Å². The molecular formula is C15H16INO. The van der Waals surface area contributed by atoms with Crippen molar-refractivity contribution < 1.29 is 0 Å². The molecule has 0 unspecified atom stereocenters. The average molecular weight is 353 g/mol. The topological polar surface area (TPSA) is 22.0 Å². The van der Waals surface area contributed by atoms with Crippen molar-refractivity contribution in [2.24, 2.45) is 0 Å². The Labute approximate surface area is 121 Å². The minimum atomic E-state index is 0.0507. The van der Waals surface area contributed by atoms with Gasteiger partial charge in [0.05, 0.1) is 6.54 Å². The molecule has 0 radical (unpaired) electrons. The number of pyridine rings is 1. The summed E-state index contributed by atoms with van der Waals surface area (Å²) >= 11 is 2.23. The predicted octanol–water partition coefficient (Wildman–Crippen LogP) is 3.43. The first kappa shape index (κ1) is 13.3. The van der Waals surface area contributed by atoms with Crippen LogP contribution in [0.2, 0.25) is 0 Å². The van der Waals surface area contributed by atoms with E-state index in [1.54, 1.807) is 10.6 Å². The van der Waals surface area contributed by atoms with E-state index in [0.717, 1.165) is 3.57 Å².